The molecule has 2 aromatic carbocycles. The average molecular weight is 568 g/mol. The number of carbonyl (C=O) groups excluding carboxylic acids is 1. The number of aliphatic hydroxyl groups is 1. The number of hydrogen-bond donors (Lipinski definition) is 2. The van der Waals surface area contributed by atoms with Crippen LogP contribution < -0.4 is 5.32 Å². The lowest BCUT2D eigenvalue weighted by atomic mass is 9.85. The largest absolute Gasteiger partial charge is 0.387 e. The van der Waals surface area contributed by atoms with Gasteiger partial charge < -0.3 is 10.4 Å². The number of sulfone groups is 1. The first-order valence-electron chi connectivity index (χ1n) is 10.7. The lowest BCUT2D eigenvalue weighted by molar-refractivity contribution is -0.0467. The van der Waals surface area contributed by atoms with E-state index < -0.39 is 72.6 Å². The van der Waals surface area contributed by atoms with Crippen LogP contribution in [0.4, 0.5) is 18.9 Å². The molecule has 0 aromatic heterocycles. The zero-order chi connectivity index (χ0) is 26.6. The summed E-state index contributed by atoms with van der Waals surface area (Å²) in [4.78, 5) is 12.3. The highest BCUT2D eigenvalue weighted by Crippen LogP contribution is 2.55. The Labute approximate surface area is 210 Å². The van der Waals surface area contributed by atoms with Crippen LogP contribution in [0, 0.1) is 29.3 Å². The first-order valence-corrected chi connectivity index (χ1v) is 14.4. The van der Waals surface area contributed by atoms with Crippen LogP contribution >= 0.6 is 11.6 Å². The van der Waals surface area contributed by atoms with Gasteiger partial charge in [0.25, 0.3) is 16.0 Å². The van der Waals surface area contributed by atoms with Gasteiger partial charge in [0.1, 0.15) is 0 Å². The van der Waals surface area contributed by atoms with Gasteiger partial charge in [-0.1, -0.05) is 11.6 Å². The number of nitrogens with one attached hydrogen (secondary N) is 1. The molecule has 3 unspecified atom stereocenters. The molecule has 2 aliphatic carbocycles. The Morgan fingerprint density at radius 2 is 1.78 bits per heavy atom. The fourth-order valence-electron chi connectivity index (χ4n) is 5.13. The lowest BCUT2D eigenvalue weighted by Gasteiger charge is -2.31. The Bertz CT molecular complexity index is 1430. The van der Waals surface area contributed by atoms with Crippen molar-refractivity contribution >= 4 is 43.2 Å². The molecule has 0 heterocycles. The second kappa shape index (κ2) is 9.28. The smallest absolute Gasteiger partial charge is 0.264 e. The maximum Gasteiger partial charge on any atom is 0.264 e. The van der Waals surface area contributed by atoms with Crippen LogP contribution in [0.15, 0.2) is 35.2 Å². The van der Waals surface area contributed by atoms with Crippen molar-refractivity contribution in [2.24, 2.45) is 11.8 Å². The summed E-state index contributed by atoms with van der Waals surface area (Å²) in [6.07, 6.45) is 1.63. The molecule has 0 spiro atoms. The Morgan fingerprint density at radius 3 is 2.39 bits per heavy atom. The Kier molecular flexibility index (Phi) is 6.92. The third-order valence-electron chi connectivity index (χ3n) is 6.64. The highest BCUT2D eigenvalue weighted by atomic mass is 35.5. The summed E-state index contributed by atoms with van der Waals surface area (Å²) in [6, 6.07) is 4.52. The van der Waals surface area contributed by atoms with Gasteiger partial charge in [0.15, 0.2) is 27.3 Å². The van der Waals surface area contributed by atoms with E-state index in [1.54, 1.807) is 0 Å². The van der Waals surface area contributed by atoms with Gasteiger partial charge >= 0.3 is 0 Å². The van der Waals surface area contributed by atoms with Crippen molar-refractivity contribution in [1.82, 2.24) is 0 Å². The van der Waals surface area contributed by atoms with Crippen molar-refractivity contribution in [2.45, 2.75) is 35.0 Å². The molecule has 2 bridgehead atoms. The molecule has 2 saturated carbocycles. The molecule has 8 nitrogen and oxygen atoms in total. The molecule has 1 amide bonds. The summed E-state index contributed by atoms with van der Waals surface area (Å²) in [5, 5.41) is 11.9. The monoisotopic (exact) mass is 567 g/mol. The molecule has 2 N–H and O–H groups in total. The Hall–Kier alpha value is -2.19. The molecule has 36 heavy (non-hydrogen) atoms. The van der Waals surface area contributed by atoms with Gasteiger partial charge in [-0.25, -0.2) is 21.6 Å². The van der Waals surface area contributed by atoms with E-state index in [2.05, 4.69) is 5.32 Å². The third kappa shape index (κ3) is 4.99. The van der Waals surface area contributed by atoms with Crippen LogP contribution in [0.5, 0.6) is 0 Å². The Balaban J connectivity index is 1.62. The predicted octanol–water partition coefficient (Wildman–Crippen LogP) is 3.29. The van der Waals surface area contributed by atoms with Crippen molar-refractivity contribution in [2.75, 3.05) is 18.2 Å². The number of halogens is 4. The number of fused-ring (bicyclic) bond motifs is 2. The van der Waals surface area contributed by atoms with E-state index in [0.717, 1.165) is 12.3 Å². The van der Waals surface area contributed by atoms with Crippen LogP contribution in [0.3, 0.4) is 0 Å². The van der Waals surface area contributed by atoms with Crippen molar-refractivity contribution in [3.05, 3.63) is 58.4 Å². The number of anilines is 1. The van der Waals surface area contributed by atoms with Crippen LogP contribution in [-0.4, -0.2) is 51.6 Å². The fourth-order valence-corrected chi connectivity index (χ4v) is 8.48. The molecule has 0 radical (unpaired) electrons. The number of hydrogen-bond acceptors (Lipinski definition) is 7. The molecule has 196 valence electrons. The van der Waals surface area contributed by atoms with Gasteiger partial charge in [0.2, 0.25) is 0 Å². The van der Waals surface area contributed by atoms with Gasteiger partial charge in [-0.05, 0) is 43.4 Å². The van der Waals surface area contributed by atoms with Crippen LogP contribution in [0.1, 0.15) is 29.6 Å². The number of rotatable bonds is 7. The summed E-state index contributed by atoms with van der Waals surface area (Å²) in [5.74, 6) is -7.00. The summed E-state index contributed by atoms with van der Waals surface area (Å²) in [5.41, 5.74) is -2.27. The summed E-state index contributed by atoms with van der Waals surface area (Å²) in [6.45, 7) is -0.583. The highest BCUT2D eigenvalue weighted by molar-refractivity contribution is 7.92. The highest BCUT2D eigenvalue weighted by Gasteiger charge is 2.61. The molecular formula is C22H21ClF3NO7S2. The molecular weight excluding hydrogens is 547 g/mol. The minimum absolute atomic E-state index is 0.0105. The molecule has 4 atom stereocenters. The maximum absolute atomic E-state index is 13.6. The van der Waals surface area contributed by atoms with Gasteiger partial charge in [0, 0.05) is 29.3 Å². The zero-order valence-corrected chi connectivity index (χ0v) is 21.1. The van der Waals surface area contributed by atoms with Crippen molar-refractivity contribution in [3.8, 4) is 0 Å². The summed E-state index contributed by atoms with van der Waals surface area (Å²) < 4.78 is 95.0. The van der Waals surface area contributed by atoms with Crippen molar-refractivity contribution < 1.29 is 44.1 Å². The first kappa shape index (κ1) is 26.9. The number of carbonyl (C=O) groups is 1. The van der Waals surface area contributed by atoms with Crippen LogP contribution in [-0.2, 0) is 24.1 Å². The normalized spacial score (nSPS) is 25.8. The van der Waals surface area contributed by atoms with E-state index in [1.807, 2.05) is 0 Å². The minimum atomic E-state index is -4.22. The van der Waals surface area contributed by atoms with Crippen LogP contribution in [0.25, 0.3) is 0 Å². The summed E-state index contributed by atoms with van der Waals surface area (Å²) in [7, 11) is -8.09. The van der Waals surface area contributed by atoms with E-state index in [4.69, 9.17) is 15.8 Å². The average Bonchev–Trinajstić information content (AvgIpc) is 3.32. The minimum Gasteiger partial charge on any atom is -0.387 e. The topological polar surface area (TPSA) is 127 Å². The number of amides is 1. The predicted molar refractivity (Wildman–Crippen MR) is 123 cm³/mol. The van der Waals surface area contributed by atoms with E-state index in [-0.39, 0.29) is 27.6 Å². The molecule has 2 aromatic rings. The van der Waals surface area contributed by atoms with Crippen LogP contribution in [0.2, 0.25) is 5.02 Å². The van der Waals surface area contributed by atoms with Gasteiger partial charge in [-0.2, -0.15) is 8.42 Å². The lowest BCUT2D eigenvalue weighted by Crippen LogP contribution is -2.43. The molecule has 2 fully saturated rings. The van der Waals surface area contributed by atoms with E-state index in [1.165, 1.54) is 12.1 Å². The zero-order valence-electron chi connectivity index (χ0n) is 18.7. The first-order chi connectivity index (χ1) is 16.6. The quantitative estimate of drug-likeness (QED) is 0.388. The Morgan fingerprint density at radius 1 is 1.14 bits per heavy atom. The molecule has 4 rings (SSSR count). The SMILES string of the molecule is CS(=O)(=O)OC[C@@]1(O)CC2CCC1C2S(=O)(=O)c1cc(C(=O)Nc2cc(F)c(F)c(F)c2)ccc1Cl. The number of benzene rings is 2. The van der Waals surface area contributed by atoms with E-state index in [0.29, 0.717) is 25.0 Å². The third-order valence-corrected chi connectivity index (χ3v) is 10.0. The van der Waals surface area contributed by atoms with Crippen molar-refractivity contribution in [1.29, 1.82) is 0 Å². The molecule has 0 saturated heterocycles. The summed E-state index contributed by atoms with van der Waals surface area (Å²) >= 11 is 6.17. The van der Waals surface area contributed by atoms with Gasteiger partial charge in [-0.15, -0.1) is 0 Å². The standard InChI is InChI=1S/C22H21ClF3NO7S2/c1-35(30,31)34-10-22(29)9-12-2-4-14(22)20(12)36(32,33)18-6-11(3-5-15(18)23)21(28)27-13-7-16(24)19(26)17(25)8-13/h3,5-8,12,14,20,29H,2,4,9-10H2,1H3,(H,27,28)/t12?,14?,20?,22-/m0/s1. The van der Waals surface area contributed by atoms with Gasteiger partial charge in [0.05, 0.1) is 33.6 Å². The maximum atomic E-state index is 13.6. The van der Waals surface area contributed by atoms with E-state index in [9.17, 15) is 39.9 Å². The molecule has 2 aliphatic rings. The van der Waals surface area contributed by atoms with E-state index >= 15 is 0 Å². The fraction of sp³-hybridized carbons (Fsp3) is 0.409. The second-order valence-electron chi connectivity index (χ2n) is 9.08. The second-order valence-corrected chi connectivity index (χ2v) is 13.2. The van der Waals surface area contributed by atoms with Crippen molar-refractivity contribution in [3.63, 3.8) is 0 Å². The molecule has 0 aliphatic heterocycles. The van der Waals surface area contributed by atoms with Gasteiger partial charge in [-0.3, -0.25) is 8.98 Å². The molecule has 14 heteroatoms.